The summed E-state index contributed by atoms with van der Waals surface area (Å²) in [4.78, 5) is 17.1. The number of nitrogens with one attached hydrogen (secondary N) is 1. The average molecular weight is 370 g/mol. The number of hydrogen-bond acceptors (Lipinski definition) is 2. The van der Waals surface area contributed by atoms with Crippen LogP contribution in [0.3, 0.4) is 0 Å². The van der Waals surface area contributed by atoms with Gasteiger partial charge in [0.1, 0.15) is 11.9 Å². The molecule has 0 unspecified atom stereocenters. The highest BCUT2D eigenvalue weighted by atomic mass is 79.9. The first-order valence-electron chi connectivity index (χ1n) is 7.24. The fourth-order valence-corrected chi connectivity index (χ4v) is 2.92. The van der Waals surface area contributed by atoms with Crippen LogP contribution in [0.4, 0.5) is 0 Å². The van der Waals surface area contributed by atoms with Crippen LogP contribution in [0.1, 0.15) is 27.8 Å². The summed E-state index contributed by atoms with van der Waals surface area (Å²) < 4.78 is 2.68. The summed E-state index contributed by atoms with van der Waals surface area (Å²) in [5.41, 5.74) is 1.59. The third kappa shape index (κ3) is 3.35. The lowest BCUT2D eigenvalue weighted by molar-refractivity contribution is 0.0940. The van der Waals surface area contributed by atoms with Gasteiger partial charge in [-0.15, -0.1) is 0 Å². The quantitative estimate of drug-likeness (QED) is 0.761. The predicted octanol–water partition coefficient (Wildman–Crippen LogP) is 3.70. The Morgan fingerprint density at radius 1 is 1.13 bits per heavy atom. The zero-order valence-electron chi connectivity index (χ0n) is 12.6. The van der Waals surface area contributed by atoms with Gasteiger partial charge in [-0.05, 0) is 33.6 Å². The smallest absolute Gasteiger partial charge is 0.253 e. The molecule has 4 nitrogen and oxygen atoms in total. The molecule has 1 aromatic heterocycles. The summed E-state index contributed by atoms with van der Waals surface area (Å²) in [6.07, 6.45) is 3.60. The molecule has 0 fully saturated rings. The van der Waals surface area contributed by atoms with E-state index in [1.807, 2.05) is 66.3 Å². The Hall–Kier alpha value is -2.40. The van der Waals surface area contributed by atoms with Gasteiger partial charge in [-0.25, -0.2) is 4.98 Å². The highest BCUT2D eigenvalue weighted by molar-refractivity contribution is 9.10. The molecule has 1 N–H and O–H groups in total. The minimum atomic E-state index is -0.309. The van der Waals surface area contributed by atoms with Gasteiger partial charge in [-0.3, -0.25) is 4.79 Å². The second-order valence-corrected chi connectivity index (χ2v) is 6.05. The molecule has 0 aliphatic heterocycles. The molecular formula is C18H16BrN3O. The third-order valence-corrected chi connectivity index (χ3v) is 4.33. The zero-order chi connectivity index (χ0) is 16.2. The van der Waals surface area contributed by atoms with Gasteiger partial charge in [-0.1, -0.05) is 42.5 Å². The Labute approximate surface area is 143 Å². The molecule has 2 aromatic carbocycles. The number of amides is 1. The van der Waals surface area contributed by atoms with Gasteiger partial charge in [0.2, 0.25) is 0 Å². The molecular weight excluding hydrogens is 354 g/mol. The molecule has 3 rings (SSSR count). The normalized spacial score (nSPS) is 11.9. The molecule has 0 bridgehead atoms. The van der Waals surface area contributed by atoms with E-state index in [-0.39, 0.29) is 11.9 Å². The molecule has 0 saturated heterocycles. The molecule has 1 amide bonds. The summed E-state index contributed by atoms with van der Waals surface area (Å²) in [5, 5.41) is 3.08. The lowest BCUT2D eigenvalue weighted by atomic mass is 10.1. The summed E-state index contributed by atoms with van der Waals surface area (Å²) in [5.74, 6) is 0.644. The van der Waals surface area contributed by atoms with Gasteiger partial charge in [0, 0.05) is 23.9 Å². The van der Waals surface area contributed by atoms with Gasteiger partial charge in [0.15, 0.2) is 0 Å². The maximum absolute atomic E-state index is 12.7. The Bertz CT molecular complexity index is 814. The van der Waals surface area contributed by atoms with E-state index in [1.165, 1.54) is 0 Å². The number of hydrogen-bond donors (Lipinski definition) is 1. The summed E-state index contributed by atoms with van der Waals surface area (Å²) in [6, 6.07) is 16.9. The van der Waals surface area contributed by atoms with Gasteiger partial charge < -0.3 is 9.88 Å². The fourth-order valence-electron chi connectivity index (χ4n) is 2.45. The number of carbonyl (C=O) groups is 1. The van der Waals surface area contributed by atoms with E-state index in [0.717, 1.165) is 15.9 Å². The Morgan fingerprint density at radius 3 is 2.48 bits per heavy atom. The number of aromatic nitrogens is 2. The van der Waals surface area contributed by atoms with Crippen molar-refractivity contribution in [2.45, 2.75) is 6.04 Å². The van der Waals surface area contributed by atoms with Crippen LogP contribution < -0.4 is 5.32 Å². The van der Waals surface area contributed by atoms with Gasteiger partial charge in [0.25, 0.3) is 5.91 Å². The first-order valence-corrected chi connectivity index (χ1v) is 8.03. The van der Waals surface area contributed by atoms with Crippen molar-refractivity contribution in [3.63, 3.8) is 0 Å². The number of rotatable bonds is 4. The van der Waals surface area contributed by atoms with Crippen LogP contribution in [0, 0.1) is 0 Å². The van der Waals surface area contributed by atoms with Gasteiger partial charge >= 0.3 is 0 Å². The van der Waals surface area contributed by atoms with E-state index in [2.05, 4.69) is 26.2 Å². The highest BCUT2D eigenvalue weighted by Gasteiger charge is 2.21. The Kier molecular flexibility index (Phi) is 4.57. The van der Waals surface area contributed by atoms with E-state index in [0.29, 0.717) is 5.56 Å². The number of carbonyl (C=O) groups excluding carboxylic acids is 1. The van der Waals surface area contributed by atoms with Crippen molar-refractivity contribution in [1.82, 2.24) is 14.9 Å². The van der Waals surface area contributed by atoms with Crippen LogP contribution in [0.5, 0.6) is 0 Å². The Balaban J connectivity index is 1.96. The van der Waals surface area contributed by atoms with Crippen LogP contribution in [-0.4, -0.2) is 15.5 Å². The number of benzene rings is 2. The predicted molar refractivity (Wildman–Crippen MR) is 93.1 cm³/mol. The van der Waals surface area contributed by atoms with Gasteiger partial charge in [-0.2, -0.15) is 0 Å². The largest absolute Gasteiger partial charge is 0.338 e. The molecule has 1 atom stereocenters. The third-order valence-electron chi connectivity index (χ3n) is 3.64. The molecule has 0 saturated carbocycles. The molecule has 3 aromatic rings. The maximum atomic E-state index is 12.7. The van der Waals surface area contributed by atoms with E-state index in [9.17, 15) is 4.79 Å². The van der Waals surface area contributed by atoms with Crippen LogP contribution in [0.25, 0.3) is 0 Å². The molecule has 0 radical (unpaired) electrons. The molecule has 23 heavy (non-hydrogen) atoms. The summed E-state index contributed by atoms with van der Waals surface area (Å²) in [7, 11) is 1.92. The van der Waals surface area contributed by atoms with E-state index >= 15 is 0 Å². The van der Waals surface area contributed by atoms with Crippen molar-refractivity contribution in [2.75, 3.05) is 0 Å². The Morgan fingerprint density at radius 2 is 1.83 bits per heavy atom. The first kappa shape index (κ1) is 15.5. The fraction of sp³-hybridized carbons (Fsp3) is 0.111. The van der Waals surface area contributed by atoms with Crippen molar-refractivity contribution in [3.05, 3.63) is 88.4 Å². The SMILES string of the molecule is Cn1ccnc1[C@@H](NC(=O)c1ccccc1Br)c1ccccc1. The number of aryl methyl sites for hydroxylation is 1. The average Bonchev–Trinajstić information content (AvgIpc) is 2.99. The number of halogens is 1. The monoisotopic (exact) mass is 369 g/mol. The standard InChI is InChI=1S/C18H16BrN3O/c1-22-12-11-20-17(22)16(13-7-3-2-4-8-13)21-18(23)14-9-5-6-10-15(14)19/h2-12,16H,1H3,(H,21,23)/t16-/m0/s1. The molecule has 5 heteroatoms. The van der Waals surface area contributed by atoms with Crippen molar-refractivity contribution in [1.29, 1.82) is 0 Å². The van der Waals surface area contributed by atoms with E-state index in [4.69, 9.17) is 0 Å². The van der Waals surface area contributed by atoms with Crippen LogP contribution in [0.15, 0.2) is 71.5 Å². The lowest BCUT2D eigenvalue weighted by Crippen LogP contribution is -2.31. The topological polar surface area (TPSA) is 46.9 Å². The van der Waals surface area contributed by atoms with E-state index in [1.54, 1.807) is 12.3 Å². The molecule has 1 heterocycles. The summed E-state index contributed by atoms with van der Waals surface area (Å²) in [6.45, 7) is 0. The van der Waals surface area contributed by atoms with Crippen molar-refractivity contribution < 1.29 is 4.79 Å². The van der Waals surface area contributed by atoms with Crippen LogP contribution in [0.2, 0.25) is 0 Å². The number of imidazole rings is 1. The molecule has 0 spiro atoms. The second kappa shape index (κ2) is 6.79. The van der Waals surface area contributed by atoms with Crippen LogP contribution >= 0.6 is 15.9 Å². The second-order valence-electron chi connectivity index (χ2n) is 5.19. The summed E-state index contributed by atoms with van der Waals surface area (Å²) >= 11 is 3.42. The van der Waals surface area contributed by atoms with Crippen molar-refractivity contribution in [3.8, 4) is 0 Å². The first-order chi connectivity index (χ1) is 11.2. The lowest BCUT2D eigenvalue weighted by Gasteiger charge is -2.19. The van der Waals surface area contributed by atoms with Gasteiger partial charge in [0.05, 0.1) is 5.56 Å². The molecule has 116 valence electrons. The minimum absolute atomic E-state index is 0.144. The molecule has 0 aliphatic rings. The molecule has 0 aliphatic carbocycles. The zero-order valence-corrected chi connectivity index (χ0v) is 14.2. The van der Waals surface area contributed by atoms with E-state index < -0.39 is 0 Å². The van der Waals surface area contributed by atoms with Crippen molar-refractivity contribution in [2.24, 2.45) is 7.05 Å². The van der Waals surface area contributed by atoms with Crippen molar-refractivity contribution >= 4 is 21.8 Å². The highest BCUT2D eigenvalue weighted by Crippen LogP contribution is 2.22. The van der Waals surface area contributed by atoms with Crippen LogP contribution in [-0.2, 0) is 7.05 Å². The maximum Gasteiger partial charge on any atom is 0.253 e. The number of nitrogens with zero attached hydrogens (tertiary/aromatic N) is 2. The minimum Gasteiger partial charge on any atom is -0.338 e.